The number of pyridine rings is 1. The fourth-order valence-corrected chi connectivity index (χ4v) is 4.84. The Morgan fingerprint density at radius 3 is 2.66 bits per heavy atom. The van der Waals surface area contributed by atoms with Gasteiger partial charge in [-0.1, -0.05) is 11.6 Å². The Bertz CT molecular complexity index is 1420. The van der Waals surface area contributed by atoms with E-state index in [2.05, 4.69) is 25.0 Å². The Kier molecular flexibility index (Phi) is 7.57. The summed E-state index contributed by atoms with van der Waals surface area (Å²) in [7, 11) is -3.40. The van der Waals surface area contributed by atoms with Crippen LogP contribution in [-0.4, -0.2) is 85.5 Å². The van der Waals surface area contributed by atoms with Gasteiger partial charge in [-0.05, 0) is 6.07 Å². The summed E-state index contributed by atoms with van der Waals surface area (Å²) in [4.78, 5) is 11.6. The number of imidazole rings is 1. The Morgan fingerprint density at radius 2 is 1.92 bits per heavy atom. The van der Waals surface area contributed by atoms with Crippen molar-refractivity contribution in [2.45, 2.75) is 31.0 Å². The highest BCUT2D eigenvalue weighted by Gasteiger charge is 2.48. The molecule has 16 heteroatoms. The highest BCUT2D eigenvalue weighted by Crippen LogP contribution is 2.31. The molecule has 0 bridgehead atoms. The van der Waals surface area contributed by atoms with Crippen molar-refractivity contribution in [3.63, 3.8) is 0 Å². The minimum Gasteiger partial charge on any atom is -0.492 e. The Morgan fingerprint density at radius 1 is 1.18 bits per heavy atom. The summed E-state index contributed by atoms with van der Waals surface area (Å²) in [6.07, 6.45) is -1.06. The summed E-state index contributed by atoms with van der Waals surface area (Å²) in [5.41, 5.74) is 0.454. The molecular weight excluding hydrogens is 552 g/mol. The normalized spacial score (nSPS) is 23.1. The van der Waals surface area contributed by atoms with Gasteiger partial charge in [0.05, 0.1) is 30.0 Å². The van der Waals surface area contributed by atoms with Crippen LogP contribution in [0.5, 0.6) is 11.8 Å². The van der Waals surface area contributed by atoms with Crippen LogP contribution in [-0.2, 0) is 26.0 Å². The summed E-state index contributed by atoms with van der Waals surface area (Å²) in [5.74, 6) is -1.67. The SMILES string of the molecule is CS(=O)(=O)NCCOc1cc(F)c(CNc2nc3nc(O[C@@H]4CO[C@H]5[C@@H]4OC[C@H]5O)[nH]c3cc2Cl)c(F)c1. The van der Waals surface area contributed by atoms with Gasteiger partial charge in [-0.3, -0.25) is 0 Å². The number of hydrogen-bond donors (Lipinski definition) is 4. The average Bonchev–Trinajstić information content (AvgIpc) is 3.52. The molecule has 1 aromatic carbocycles. The summed E-state index contributed by atoms with van der Waals surface area (Å²) in [5, 5.41) is 12.9. The molecule has 5 rings (SSSR count). The van der Waals surface area contributed by atoms with Gasteiger partial charge in [0.1, 0.15) is 48.1 Å². The molecule has 3 aromatic rings. The minimum absolute atomic E-state index is 0.0512. The van der Waals surface area contributed by atoms with Gasteiger partial charge in [-0.2, -0.15) is 4.98 Å². The summed E-state index contributed by atoms with van der Waals surface area (Å²) < 4.78 is 75.7. The number of H-pyrrole nitrogens is 1. The smallest absolute Gasteiger partial charge is 0.296 e. The van der Waals surface area contributed by atoms with Gasteiger partial charge < -0.3 is 34.4 Å². The van der Waals surface area contributed by atoms with E-state index in [4.69, 9.17) is 30.5 Å². The van der Waals surface area contributed by atoms with Crippen LogP contribution < -0.4 is 19.5 Å². The van der Waals surface area contributed by atoms with Crippen molar-refractivity contribution in [2.24, 2.45) is 0 Å². The molecule has 0 saturated carbocycles. The molecule has 4 atom stereocenters. The maximum absolute atomic E-state index is 14.6. The third-order valence-corrected chi connectivity index (χ3v) is 6.95. The van der Waals surface area contributed by atoms with Gasteiger partial charge >= 0.3 is 0 Å². The van der Waals surface area contributed by atoms with Crippen LogP contribution in [0, 0.1) is 11.6 Å². The number of anilines is 1. The van der Waals surface area contributed by atoms with E-state index in [-0.39, 0.29) is 66.7 Å². The van der Waals surface area contributed by atoms with Crippen LogP contribution in [0.15, 0.2) is 18.2 Å². The minimum atomic E-state index is -3.40. The number of sulfonamides is 1. The fourth-order valence-electron chi connectivity index (χ4n) is 4.16. The van der Waals surface area contributed by atoms with Crippen LogP contribution in [0.2, 0.25) is 5.02 Å². The Balaban J connectivity index is 1.23. The van der Waals surface area contributed by atoms with Crippen LogP contribution in [0.3, 0.4) is 0 Å². The topological polar surface area (TPSA) is 157 Å². The molecule has 0 radical (unpaired) electrons. The first-order valence-corrected chi connectivity index (χ1v) is 13.8. The van der Waals surface area contributed by atoms with E-state index in [1.165, 1.54) is 0 Å². The molecule has 2 aliphatic heterocycles. The maximum Gasteiger partial charge on any atom is 0.296 e. The lowest BCUT2D eigenvalue weighted by molar-refractivity contribution is 0.00706. The fraction of sp³-hybridized carbons (Fsp3) is 0.455. The van der Waals surface area contributed by atoms with E-state index in [0.29, 0.717) is 5.52 Å². The van der Waals surface area contributed by atoms with Gasteiger partial charge in [0.25, 0.3) is 6.01 Å². The molecule has 206 valence electrons. The summed E-state index contributed by atoms with van der Waals surface area (Å²) in [6.45, 7) is -0.0428. The number of benzene rings is 1. The van der Waals surface area contributed by atoms with E-state index in [1.54, 1.807) is 6.07 Å². The van der Waals surface area contributed by atoms with Crippen LogP contribution in [0.1, 0.15) is 5.56 Å². The molecule has 2 saturated heterocycles. The van der Waals surface area contributed by atoms with Crippen molar-refractivity contribution < 1.29 is 41.3 Å². The third-order valence-electron chi connectivity index (χ3n) is 5.93. The van der Waals surface area contributed by atoms with Gasteiger partial charge in [0, 0.05) is 30.8 Å². The van der Waals surface area contributed by atoms with Crippen molar-refractivity contribution in [2.75, 3.05) is 37.9 Å². The predicted octanol–water partition coefficient (Wildman–Crippen LogP) is 1.34. The van der Waals surface area contributed by atoms with E-state index >= 15 is 0 Å². The number of aliphatic hydroxyl groups excluding tert-OH is 1. The number of nitrogens with one attached hydrogen (secondary N) is 3. The first kappa shape index (κ1) is 26.8. The second kappa shape index (κ2) is 10.7. The molecule has 0 unspecified atom stereocenters. The molecule has 2 aromatic heterocycles. The molecule has 0 amide bonds. The first-order chi connectivity index (χ1) is 18.1. The second-order valence-electron chi connectivity index (χ2n) is 8.79. The maximum atomic E-state index is 14.6. The zero-order valence-corrected chi connectivity index (χ0v) is 21.5. The number of hydrogen-bond acceptors (Lipinski definition) is 10. The van der Waals surface area contributed by atoms with E-state index < -0.39 is 46.1 Å². The number of ether oxygens (including phenoxy) is 4. The lowest BCUT2D eigenvalue weighted by Crippen LogP contribution is -2.34. The number of rotatable bonds is 10. The van der Waals surface area contributed by atoms with Crippen molar-refractivity contribution in [3.8, 4) is 11.8 Å². The van der Waals surface area contributed by atoms with Crippen molar-refractivity contribution in [1.29, 1.82) is 0 Å². The second-order valence-corrected chi connectivity index (χ2v) is 11.0. The standard InChI is InChI=1S/C22H24ClF2N5O7S/c1-38(32,33)27-2-3-34-10-4-13(24)11(14(25)5-10)7-26-20-12(23)6-15-21(29-20)30-22(28-15)37-17-9-36-18-16(31)8-35-19(17)18/h4-6,16-19,27,31H,2-3,7-9H2,1H3,(H2,26,28,29,30)/t16-,17-,18-,19-/m1/s1. The molecule has 4 heterocycles. The average molecular weight is 576 g/mol. The largest absolute Gasteiger partial charge is 0.492 e. The zero-order valence-electron chi connectivity index (χ0n) is 19.9. The highest BCUT2D eigenvalue weighted by atomic mass is 35.5. The number of nitrogens with zero attached hydrogens (tertiary/aromatic N) is 2. The van der Waals surface area contributed by atoms with Crippen molar-refractivity contribution in [1.82, 2.24) is 19.7 Å². The number of halogens is 3. The molecule has 0 aliphatic carbocycles. The lowest BCUT2D eigenvalue weighted by Gasteiger charge is -2.15. The Hall–Kier alpha value is -2.82. The van der Waals surface area contributed by atoms with Crippen molar-refractivity contribution >= 4 is 38.6 Å². The molecular formula is C22H24ClF2N5O7S. The number of aromatic amines is 1. The molecule has 4 N–H and O–H groups in total. The van der Waals surface area contributed by atoms with Gasteiger partial charge in [0.15, 0.2) is 11.8 Å². The predicted molar refractivity (Wildman–Crippen MR) is 131 cm³/mol. The van der Waals surface area contributed by atoms with Gasteiger partial charge in [-0.25, -0.2) is 26.9 Å². The number of aliphatic hydroxyl groups is 1. The van der Waals surface area contributed by atoms with Crippen LogP contribution in [0.25, 0.3) is 11.2 Å². The van der Waals surface area contributed by atoms with Gasteiger partial charge in [-0.15, -0.1) is 0 Å². The number of aromatic nitrogens is 3. The summed E-state index contributed by atoms with van der Waals surface area (Å²) >= 11 is 6.31. The summed E-state index contributed by atoms with van der Waals surface area (Å²) in [6, 6.07) is 3.70. The Labute approximate surface area is 220 Å². The lowest BCUT2D eigenvalue weighted by atomic mass is 10.1. The van der Waals surface area contributed by atoms with Crippen molar-refractivity contribution in [3.05, 3.63) is 40.4 Å². The molecule has 38 heavy (non-hydrogen) atoms. The highest BCUT2D eigenvalue weighted by molar-refractivity contribution is 7.88. The van der Waals surface area contributed by atoms with E-state index in [9.17, 15) is 22.3 Å². The van der Waals surface area contributed by atoms with Gasteiger partial charge in [0.2, 0.25) is 10.0 Å². The zero-order chi connectivity index (χ0) is 27.0. The van der Waals surface area contributed by atoms with E-state index in [1.807, 2.05) is 0 Å². The molecule has 12 nitrogen and oxygen atoms in total. The third kappa shape index (κ3) is 5.92. The molecule has 2 aliphatic rings. The first-order valence-electron chi connectivity index (χ1n) is 11.5. The molecule has 2 fully saturated rings. The number of fused-ring (bicyclic) bond motifs is 2. The quantitative estimate of drug-likeness (QED) is 0.260. The van der Waals surface area contributed by atoms with Crippen LogP contribution >= 0.6 is 11.6 Å². The monoisotopic (exact) mass is 575 g/mol. The van der Waals surface area contributed by atoms with E-state index in [0.717, 1.165) is 18.4 Å². The van der Waals surface area contributed by atoms with Crippen LogP contribution in [0.4, 0.5) is 14.6 Å². The molecule has 0 spiro atoms.